The van der Waals surface area contributed by atoms with E-state index in [9.17, 15) is 4.79 Å². The fourth-order valence-corrected chi connectivity index (χ4v) is 2.23. The zero-order valence-electron chi connectivity index (χ0n) is 11.7. The van der Waals surface area contributed by atoms with Gasteiger partial charge in [-0.15, -0.1) is 0 Å². The Morgan fingerprint density at radius 3 is 2.70 bits per heavy atom. The van der Waals surface area contributed by atoms with Crippen LogP contribution in [0.2, 0.25) is 0 Å². The highest BCUT2D eigenvalue weighted by Gasteiger charge is 2.23. The summed E-state index contributed by atoms with van der Waals surface area (Å²) in [5.74, 6) is 0.956. The Labute approximate surface area is 118 Å². The first-order chi connectivity index (χ1) is 9.74. The van der Waals surface area contributed by atoms with Crippen LogP contribution in [0.3, 0.4) is 0 Å². The Bertz CT molecular complexity index is 416. The van der Waals surface area contributed by atoms with Gasteiger partial charge in [-0.3, -0.25) is 9.78 Å². The van der Waals surface area contributed by atoms with Crippen LogP contribution in [0.5, 0.6) is 0 Å². The van der Waals surface area contributed by atoms with Crippen molar-refractivity contribution in [2.24, 2.45) is 5.73 Å². The van der Waals surface area contributed by atoms with Gasteiger partial charge in [-0.2, -0.15) is 0 Å². The Morgan fingerprint density at radius 2 is 2.15 bits per heavy atom. The summed E-state index contributed by atoms with van der Waals surface area (Å²) < 4.78 is 5.15. The summed E-state index contributed by atoms with van der Waals surface area (Å²) in [6.45, 7) is 3.28. The molecule has 20 heavy (non-hydrogen) atoms. The molecule has 1 aromatic heterocycles. The van der Waals surface area contributed by atoms with Crippen LogP contribution in [0.1, 0.15) is 6.42 Å². The van der Waals surface area contributed by atoms with Gasteiger partial charge in [0.1, 0.15) is 5.82 Å². The predicted molar refractivity (Wildman–Crippen MR) is 75.3 cm³/mol. The van der Waals surface area contributed by atoms with Gasteiger partial charge in [0, 0.05) is 52.2 Å². The van der Waals surface area contributed by atoms with Crippen LogP contribution < -0.4 is 10.6 Å². The third-order valence-corrected chi connectivity index (χ3v) is 3.50. The molecule has 2 N–H and O–H groups in total. The lowest BCUT2D eigenvalue weighted by Gasteiger charge is -2.35. The topological polar surface area (TPSA) is 84.6 Å². The number of rotatable bonds is 5. The molecule has 2 heterocycles. The summed E-state index contributed by atoms with van der Waals surface area (Å²) in [4.78, 5) is 24.4. The van der Waals surface area contributed by atoms with Crippen molar-refractivity contribution >= 4 is 11.7 Å². The number of aromatic nitrogens is 2. The van der Waals surface area contributed by atoms with Gasteiger partial charge in [-0.05, 0) is 0 Å². The molecule has 0 spiro atoms. The molecule has 1 fully saturated rings. The molecule has 0 aromatic carbocycles. The molecule has 1 amide bonds. The number of methoxy groups -OCH3 is 1. The summed E-state index contributed by atoms with van der Waals surface area (Å²) >= 11 is 0. The number of piperazine rings is 1. The Balaban J connectivity index is 1.83. The minimum atomic E-state index is -0.194. The van der Waals surface area contributed by atoms with Crippen molar-refractivity contribution in [2.45, 2.75) is 12.5 Å². The zero-order chi connectivity index (χ0) is 14.4. The first-order valence-electron chi connectivity index (χ1n) is 6.76. The molecule has 0 bridgehead atoms. The molecular weight excluding hydrogens is 258 g/mol. The van der Waals surface area contributed by atoms with E-state index in [0.717, 1.165) is 18.9 Å². The molecule has 0 aliphatic carbocycles. The number of amides is 1. The summed E-state index contributed by atoms with van der Waals surface area (Å²) in [5, 5.41) is 0. The van der Waals surface area contributed by atoms with Gasteiger partial charge in [0.2, 0.25) is 5.91 Å². The standard InChI is InChI=1S/C13H21N5O2/c1-20-11(9-14)8-13(19)18-6-4-17(5-7-18)12-10-15-2-3-16-12/h2-3,10-11H,4-9,14H2,1H3. The number of anilines is 1. The highest BCUT2D eigenvalue weighted by Crippen LogP contribution is 2.12. The second-order valence-electron chi connectivity index (χ2n) is 4.73. The fraction of sp³-hybridized carbons (Fsp3) is 0.615. The molecule has 7 nitrogen and oxygen atoms in total. The largest absolute Gasteiger partial charge is 0.380 e. The maximum atomic E-state index is 12.1. The SMILES string of the molecule is COC(CN)CC(=O)N1CCN(c2cnccn2)CC1. The van der Waals surface area contributed by atoms with Crippen molar-refractivity contribution in [1.82, 2.24) is 14.9 Å². The highest BCUT2D eigenvalue weighted by molar-refractivity contribution is 5.77. The summed E-state index contributed by atoms with van der Waals surface area (Å²) in [6.07, 6.45) is 5.23. The van der Waals surface area contributed by atoms with Gasteiger partial charge in [0.25, 0.3) is 0 Å². The molecule has 1 aliphatic heterocycles. The summed E-state index contributed by atoms with van der Waals surface area (Å²) in [6, 6.07) is 0. The van der Waals surface area contributed by atoms with Crippen LogP contribution in [0, 0.1) is 0 Å². The summed E-state index contributed by atoms with van der Waals surface area (Å²) in [7, 11) is 1.58. The van der Waals surface area contributed by atoms with E-state index >= 15 is 0 Å². The zero-order valence-corrected chi connectivity index (χ0v) is 11.7. The van der Waals surface area contributed by atoms with Crippen LogP contribution >= 0.6 is 0 Å². The molecule has 0 saturated carbocycles. The van der Waals surface area contributed by atoms with Gasteiger partial charge in [0.05, 0.1) is 18.7 Å². The predicted octanol–water partition coefficient (Wildman–Crippen LogP) is -0.511. The van der Waals surface area contributed by atoms with Crippen molar-refractivity contribution in [1.29, 1.82) is 0 Å². The Kier molecular flexibility index (Phi) is 5.25. The first kappa shape index (κ1) is 14.7. The average Bonchev–Trinajstić information content (AvgIpc) is 2.53. The maximum Gasteiger partial charge on any atom is 0.225 e. The number of nitrogens with two attached hydrogens (primary N) is 1. The number of nitrogens with zero attached hydrogens (tertiary/aromatic N) is 4. The lowest BCUT2D eigenvalue weighted by atomic mass is 10.2. The number of carbonyl (C=O) groups is 1. The van der Waals surface area contributed by atoms with Crippen molar-refractivity contribution in [3.8, 4) is 0 Å². The van der Waals surface area contributed by atoms with E-state index in [2.05, 4.69) is 14.9 Å². The van der Waals surface area contributed by atoms with E-state index in [1.54, 1.807) is 25.7 Å². The van der Waals surface area contributed by atoms with E-state index in [1.165, 1.54) is 0 Å². The van der Waals surface area contributed by atoms with Crippen molar-refractivity contribution in [3.05, 3.63) is 18.6 Å². The van der Waals surface area contributed by atoms with Crippen LogP contribution in [0.15, 0.2) is 18.6 Å². The molecular formula is C13H21N5O2. The van der Waals surface area contributed by atoms with Gasteiger partial charge in [0.15, 0.2) is 0 Å². The van der Waals surface area contributed by atoms with Gasteiger partial charge in [-0.1, -0.05) is 0 Å². The lowest BCUT2D eigenvalue weighted by Crippen LogP contribution is -2.50. The van der Waals surface area contributed by atoms with E-state index in [4.69, 9.17) is 10.5 Å². The molecule has 7 heteroatoms. The van der Waals surface area contributed by atoms with Crippen LogP contribution in [0.4, 0.5) is 5.82 Å². The normalized spacial score (nSPS) is 17.1. The number of hydrogen-bond donors (Lipinski definition) is 1. The van der Waals surface area contributed by atoms with Gasteiger partial charge >= 0.3 is 0 Å². The van der Waals surface area contributed by atoms with Crippen LogP contribution in [-0.4, -0.2) is 66.7 Å². The molecule has 1 saturated heterocycles. The smallest absolute Gasteiger partial charge is 0.225 e. The van der Waals surface area contributed by atoms with E-state index in [0.29, 0.717) is 26.1 Å². The number of carbonyl (C=O) groups excluding carboxylic acids is 1. The second kappa shape index (κ2) is 7.16. The second-order valence-corrected chi connectivity index (χ2v) is 4.73. The van der Waals surface area contributed by atoms with E-state index < -0.39 is 0 Å². The van der Waals surface area contributed by atoms with Crippen LogP contribution in [-0.2, 0) is 9.53 Å². The first-order valence-corrected chi connectivity index (χ1v) is 6.76. The number of ether oxygens (including phenoxy) is 1. The molecule has 110 valence electrons. The quantitative estimate of drug-likeness (QED) is 0.781. The average molecular weight is 279 g/mol. The van der Waals surface area contributed by atoms with Crippen LogP contribution in [0.25, 0.3) is 0 Å². The fourth-order valence-electron chi connectivity index (χ4n) is 2.23. The molecule has 1 atom stereocenters. The monoisotopic (exact) mass is 279 g/mol. The Hall–Kier alpha value is -1.73. The third kappa shape index (κ3) is 3.64. The molecule has 2 rings (SSSR count). The van der Waals surface area contributed by atoms with E-state index in [-0.39, 0.29) is 12.0 Å². The minimum Gasteiger partial charge on any atom is -0.380 e. The Morgan fingerprint density at radius 1 is 1.40 bits per heavy atom. The van der Waals surface area contributed by atoms with Gasteiger partial charge in [-0.25, -0.2) is 4.98 Å². The molecule has 1 aliphatic rings. The maximum absolute atomic E-state index is 12.1. The highest BCUT2D eigenvalue weighted by atomic mass is 16.5. The van der Waals surface area contributed by atoms with Crippen molar-refractivity contribution in [2.75, 3.05) is 44.7 Å². The van der Waals surface area contributed by atoms with Crippen molar-refractivity contribution < 1.29 is 9.53 Å². The molecule has 1 unspecified atom stereocenters. The molecule has 1 aromatic rings. The van der Waals surface area contributed by atoms with E-state index in [1.807, 2.05) is 4.90 Å². The molecule has 0 radical (unpaired) electrons. The van der Waals surface area contributed by atoms with Gasteiger partial charge < -0.3 is 20.3 Å². The third-order valence-electron chi connectivity index (χ3n) is 3.50. The number of hydrogen-bond acceptors (Lipinski definition) is 6. The summed E-state index contributed by atoms with van der Waals surface area (Å²) in [5.41, 5.74) is 5.54. The van der Waals surface area contributed by atoms with Crippen molar-refractivity contribution in [3.63, 3.8) is 0 Å². The minimum absolute atomic E-state index is 0.0982. The lowest BCUT2D eigenvalue weighted by molar-refractivity contribution is -0.133.